The lowest BCUT2D eigenvalue weighted by Gasteiger charge is -2.19. The molecule has 0 aliphatic carbocycles. The van der Waals surface area contributed by atoms with Crippen LogP contribution in [-0.4, -0.2) is 17.1 Å². The SMILES string of the molecule is COc1cccc(-c2cc(C(C)(C)C)ccn2)n1. The first-order valence-corrected chi connectivity index (χ1v) is 5.98. The summed E-state index contributed by atoms with van der Waals surface area (Å²) >= 11 is 0. The van der Waals surface area contributed by atoms with Crippen molar-refractivity contribution in [3.05, 3.63) is 42.1 Å². The van der Waals surface area contributed by atoms with Crippen LogP contribution in [0.5, 0.6) is 5.88 Å². The standard InChI is InChI=1S/C15H18N2O/c1-15(2,3)11-8-9-16-13(10-11)12-6-5-7-14(17-12)18-4/h5-10H,1-4H3. The predicted octanol–water partition coefficient (Wildman–Crippen LogP) is 3.45. The Kier molecular flexibility index (Phi) is 3.32. The van der Waals surface area contributed by atoms with Crippen LogP contribution in [0.1, 0.15) is 26.3 Å². The molecule has 3 nitrogen and oxygen atoms in total. The van der Waals surface area contributed by atoms with Crippen molar-refractivity contribution < 1.29 is 4.74 Å². The van der Waals surface area contributed by atoms with Gasteiger partial charge in [-0.15, -0.1) is 0 Å². The first-order chi connectivity index (χ1) is 8.50. The number of hydrogen-bond acceptors (Lipinski definition) is 3. The zero-order valence-corrected chi connectivity index (χ0v) is 11.3. The average Bonchev–Trinajstić information content (AvgIpc) is 2.38. The van der Waals surface area contributed by atoms with Gasteiger partial charge in [-0.2, -0.15) is 0 Å². The average molecular weight is 242 g/mol. The molecule has 2 rings (SSSR count). The molecule has 0 N–H and O–H groups in total. The van der Waals surface area contributed by atoms with Gasteiger partial charge in [-0.3, -0.25) is 4.98 Å². The van der Waals surface area contributed by atoms with E-state index in [0.717, 1.165) is 11.4 Å². The van der Waals surface area contributed by atoms with E-state index in [-0.39, 0.29) is 5.41 Å². The lowest BCUT2D eigenvalue weighted by Crippen LogP contribution is -2.11. The maximum atomic E-state index is 5.13. The van der Waals surface area contributed by atoms with Crippen LogP contribution in [0.15, 0.2) is 36.5 Å². The van der Waals surface area contributed by atoms with Crippen molar-refractivity contribution in [3.8, 4) is 17.3 Å². The lowest BCUT2D eigenvalue weighted by molar-refractivity contribution is 0.398. The number of methoxy groups -OCH3 is 1. The summed E-state index contributed by atoms with van der Waals surface area (Å²) in [4.78, 5) is 8.78. The van der Waals surface area contributed by atoms with Gasteiger partial charge in [0.2, 0.25) is 5.88 Å². The van der Waals surface area contributed by atoms with Crippen LogP contribution < -0.4 is 4.74 Å². The highest BCUT2D eigenvalue weighted by Crippen LogP contribution is 2.25. The van der Waals surface area contributed by atoms with Gasteiger partial charge in [0.15, 0.2) is 0 Å². The van der Waals surface area contributed by atoms with E-state index in [1.165, 1.54) is 5.56 Å². The summed E-state index contributed by atoms with van der Waals surface area (Å²) in [5, 5.41) is 0. The fourth-order valence-electron chi connectivity index (χ4n) is 1.71. The van der Waals surface area contributed by atoms with Crippen LogP contribution in [0.2, 0.25) is 0 Å². The van der Waals surface area contributed by atoms with Crippen molar-refractivity contribution >= 4 is 0 Å². The highest BCUT2D eigenvalue weighted by molar-refractivity contribution is 5.56. The summed E-state index contributed by atoms with van der Waals surface area (Å²) in [5.41, 5.74) is 3.07. The molecule has 0 bridgehead atoms. The molecule has 0 saturated heterocycles. The molecule has 18 heavy (non-hydrogen) atoms. The molecule has 0 aromatic carbocycles. The molecule has 0 spiro atoms. The molecule has 3 heteroatoms. The predicted molar refractivity (Wildman–Crippen MR) is 72.7 cm³/mol. The topological polar surface area (TPSA) is 35.0 Å². The van der Waals surface area contributed by atoms with Gasteiger partial charge in [-0.25, -0.2) is 4.98 Å². The second-order valence-electron chi connectivity index (χ2n) is 5.24. The monoisotopic (exact) mass is 242 g/mol. The largest absolute Gasteiger partial charge is 0.481 e. The molecular formula is C15H18N2O. The van der Waals surface area contributed by atoms with Crippen LogP contribution >= 0.6 is 0 Å². The van der Waals surface area contributed by atoms with Crippen molar-refractivity contribution in [3.63, 3.8) is 0 Å². The van der Waals surface area contributed by atoms with Crippen LogP contribution in [0.4, 0.5) is 0 Å². The molecule has 0 aliphatic rings. The maximum Gasteiger partial charge on any atom is 0.213 e. The van der Waals surface area contributed by atoms with Gasteiger partial charge in [0.05, 0.1) is 18.5 Å². The molecular weight excluding hydrogens is 224 g/mol. The second-order valence-corrected chi connectivity index (χ2v) is 5.24. The third-order valence-corrected chi connectivity index (χ3v) is 2.82. The molecule has 0 fully saturated rings. The molecule has 2 aromatic heterocycles. The zero-order valence-electron chi connectivity index (χ0n) is 11.3. The summed E-state index contributed by atoms with van der Waals surface area (Å²) in [7, 11) is 1.62. The van der Waals surface area contributed by atoms with Gasteiger partial charge >= 0.3 is 0 Å². The minimum Gasteiger partial charge on any atom is -0.481 e. The quantitative estimate of drug-likeness (QED) is 0.809. The summed E-state index contributed by atoms with van der Waals surface area (Å²) in [6, 6.07) is 9.83. The molecule has 0 aliphatic heterocycles. The number of aromatic nitrogens is 2. The van der Waals surface area contributed by atoms with Gasteiger partial charge in [-0.05, 0) is 29.2 Å². The smallest absolute Gasteiger partial charge is 0.213 e. The minimum absolute atomic E-state index is 0.108. The highest BCUT2D eigenvalue weighted by atomic mass is 16.5. The van der Waals surface area contributed by atoms with E-state index in [0.29, 0.717) is 5.88 Å². The molecule has 0 saturated carbocycles. The molecule has 0 radical (unpaired) electrons. The summed E-state index contributed by atoms with van der Waals surface area (Å²) in [6.45, 7) is 6.56. The van der Waals surface area contributed by atoms with Crippen LogP contribution in [0.3, 0.4) is 0 Å². The van der Waals surface area contributed by atoms with Crippen molar-refractivity contribution in [1.82, 2.24) is 9.97 Å². The third-order valence-electron chi connectivity index (χ3n) is 2.82. The van der Waals surface area contributed by atoms with Gasteiger partial charge in [-0.1, -0.05) is 26.8 Å². The Hall–Kier alpha value is -1.90. The van der Waals surface area contributed by atoms with Crippen LogP contribution in [-0.2, 0) is 5.41 Å². The second kappa shape index (κ2) is 4.77. The van der Waals surface area contributed by atoms with Crippen LogP contribution in [0, 0.1) is 0 Å². The first kappa shape index (κ1) is 12.6. The molecule has 0 unspecified atom stereocenters. The summed E-state index contributed by atoms with van der Waals surface area (Å²) in [5.74, 6) is 0.607. The molecule has 94 valence electrons. The summed E-state index contributed by atoms with van der Waals surface area (Å²) in [6.07, 6.45) is 1.83. The normalized spacial score (nSPS) is 11.3. The van der Waals surface area contributed by atoms with Gasteiger partial charge < -0.3 is 4.74 Å². The van der Waals surface area contributed by atoms with Crippen molar-refractivity contribution in [1.29, 1.82) is 0 Å². The number of hydrogen-bond donors (Lipinski definition) is 0. The third kappa shape index (κ3) is 2.67. The van der Waals surface area contributed by atoms with Gasteiger partial charge in [0.1, 0.15) is 0 Å². The Morgan fingerprint density at radius 1 is 1.06 bits per heavy atom. The maximum absolute atomic E-state index is 5.13. The number of pyridine rings is 2. The number of ether oxygens (including phenoxy) is 1. The van der Waals surface area contributed by atoms with E-state index in [1.54, 1.807) is 7.11 Å². The Balaban J connectivity index is 2.44. The van der Waals surface area contributed by atoms with Crippen LogP contribution in [0.25, 0.3) is 11.4 Å². The van der Waals surface area contributed by atoms with Gasteiger partial charge in [0, 0.05) is 12.3 Å². The van der Waals surface area contributed by atoms with Crippen molar-refractivity contribution in [2.45, 2.75) is 26.2 Å². The van der Waals surface area contributed by atoms with E-state index < -0.39 is 0 Å². The Bertz CT molecular complexity index is 544. The van der Waals surface area contributed by atoms with E-state index >= 15 is 0 Å². The van der Waals surface area contributed by atoms with E-state index in [2.05, 4.69) is 36.8 Å². The fourth-order valence-corrected chi connectivity index (χ4v) is 1.71. The summed E-state index contributed by atoms with van der Waals surface area (Å²) < 4.78 is 5.13. The Morgan fingerprint density at radius 3 is 2.50 bits per heavy atom. The zero-order chi connectivity index (χ0) is 13.2. The Morgan fingerprint density at radius 2 is 1.83 bits per heavy atom. The lowest BCUT2D eigenvalue weighted by atomic mass is 9.87. The molecule has 0 atom stereocenters. The van der Waals surface area contributed by atoms with Crippen molar-refractivity contribution in [2.75, 3.05) is 7.11 Å². The van der Waals surface area contributed by atoms with E-state index in [4.69, 9.17) is 4.74 Å². The Labute approximate surface area is 108 Å². The highest BCUT2D eigenvalue weighted by Gasteiger charge is 2.15. The number of rotatable bonds is 2. The van der Waals surface area contributed by atoms with Gasteiger partial charge in [0.25, 0.3) is 0 Å². The molecule has 2 heterocycles. The fraction of sp³-hybridized carbons (Fsp3) is 0.333. The first-order valence-electron chi connectivity index (χ1n) is 5.98. The van der Waals surface area contributed by atoms with E-state index in [1.807, 2.05) is 30.5 Å². The molecule has 2 aromatic rings. The number of nitrogens with zero attached hydrogens (tertiary/aromatic N) is 2. The van der Waals surface area contributed by atoms with E-state index in [9.17, 15) is 0 Å². The minimum atomic E-state index is 0.108. The molecule has 0 amide bonds. The van der Waals surface area contributed by atoms with Crippen molar-refractivity contribution in [2.24, 2.45) is 0 Å².